The minimum atomic E-state index is -0.149. The van der Waals surface area contributed by atoms with Crippen LogP contribution in [0.2, 0.25) is 0 Å². The standard InChI is InChI=1S/C13H12FNS/c1-8-2-5-13(16-8)12-7-9-6-10(14)3-4-11(9)15-12/h2-6,12,15H,7H2,1H3. The molecule has 82 valence electrons. The van der Waals surface area contributed by atoms with Gasteiger partial charge in [-0.3, -0.25) is 0 Å². The van der Waals surface area contributed by atoms with Crippen LogP contribution in [0.25, 0.3) is 0 Å². The Balaban J connectivity index is 1.90. The van der Waals surface area contributed by atoms with Gasteiger partial charge in [-0.15, -0.1) is 11.3 Å². The van der Waals surface area contributed by atoms with Gasteiger partial charge in [0.15, 0.2) is 0 Å². The summed E-state index contributed by atoms with van der Waals surface area (Å²) in [6.07, 6.45) is 0.882. The summed E-state index contributed by atoms with van der Waals surface area (Å²) < 4.78 is 13.1. The predicted molar refractivity (Wildman–Crippen MR) is 65.5 cm³/mol. The number of anilines is 1. The van der Waals surface area contributed by atoms with E-state index in [9.17, 15) is 4.39 Å². The van der Waals surface area contributed by atoms with Gasteiger partial charge in [0.2, 0.25) is 0 Å². The van der Waals surface area contributed by atoms with Gasteiger partial charge in [-0.25, -0.2) is 4.39 Å². The monoisotopic (exact) mass is 233 g/mol. The molecule has 1 N–H and O–H groups in total. The molecule has 1 nitrogen and oxygen atoms in total. The summed E-state index contributed by atoms with van der Waals surface area (Å²) in [5.74, 6) is -0.149. The van der Waals surface area contributed by atoms with E-state index in [0.29, 0.717) is 6.04 Å². The first-order chi connectivity index (χ1) is 7.72. The van der Waals surface area contributed by atoms with Gasteiger partial charge in [0.05, 0.1) is 6.04 Å². The second-order valence-electron chi connectivity index (χ2n) is 4.15. The highest BCUT2D eigenvalue weighted by Crippen LogP contribution is 2.36. The summed E-state index contributed by atoms with van der Waals surface area (Å²) in [6.45, 7) is 2.11. The molecule has 0 aliphatic carbocycles. The first-order valence-corrected chi connectivity index (χ1v) is 6.15. The number of hydrogen-bond donors (Lipinski definition) is 1. The van der Waals surface area contributed by atoms with Crippen molar-refractivity contribution in [3.8, 4) is 0 Å². The fourth-order valence-corrected chi connectivity index (χ4v) is 3.07. The van der Waals surface area contributed by atoms with Crippen molar-refractivity contribution in [2.75, 3.05) is 5.32 Å². The summed E-state index contributed by atoms with van der Waals surface area (Å²) in [6, 6.07) is 9.56. The Morgan fingerprint density at radius 2 is 2.19 bits per heavy atom. The van der Waals surface area contributed by atoms with Crippen LogP contribution in [0.3, 0.4) is 0 Å². The third kappa shape index (κ3) is 1.61. The quantitative estimate of drug-likeness (QED) is 0.787. The molecule has 2 heterocycles. The maximum Gasteiger partial charge on any atom is 0.123 e. The molecule has 0 saturated heterocycles. The van der Waals surface area contributed by atoms with Gasteiger partial charge >= 0.3 is 0 Å². The summed E-state index contributed by atoms with van der Waals surface area (Å²) in [4.78, 5) is 2.65. The zero-order chi connectivity index (χ0) is 11.1. The molecule has 0 saturated carbocycles. The zero-order valence-corrected chi connectivity index (χ0v) is 9.77. The highest BCUT2D eigenvalue weighted by atomic mass is 32.1. The van der Waals surface area contributed by atoms with Crippen molar-refractivity contribution in [1.29, 1.82) is 0 Å². The molecule has 0 spiro atoms. The Bertz CT molecular complexity index is 532. The number of halogens is 1. The van der Waals surface area contributed by atoms with E-state index in [0.717, 1.165) is 17.7 Å². The Hall–Kier alpha value is -1.35. The van der Waals surface area contributed by atoms with Crippen LogP contribution in [0.5, 0.6) is 0 Å². The first-order valence-electron chi connectivity index (χ1n) is 5.34. The highest BCUT2D eigenvalue weighted by Gasteiger charge is 2.23. The van der Waals surface area contributed by atoms with Crippen LogP contribution in [0.4, 0.5) is 10.1 Å². The summed E-state index contributed by atoms with van der Waals surface area (Å²) in [5, 5.41) is 3.44. The Morgan fingerprint density at radius 3 is 2.94 bits per heavy atom. The molecule has 2 aromatic rings. The van der Waals surface area contributed by atoms with E-state index in [-0.39, 0.29) is 5.82 Å². The van der Waals surface area contributed by atoms with Gasteiger partial charge in [-0.05, 0) is 49.2 Å². The largest absolute Gasteiger partial charge is 0.377 e. The van der Waals surface area contributed by atoms with Gasteiger partial charge in [-0.1, -0.05) is 0 Å². The smallest absolute Gasteiger partial charge is 0.123 e. The van der Waals surface area contributed by atoms with E-state index < -0.39 is 0 Å². The zero-order valence-electron chi connectivity index (χ0n) is 8.96. The lowest BCUT2D eigenvalue weighted by molar-refractivity contribution is 0.626. The number of rotatable bonds is 1. The van der Waals surface area contributed by atoms with Gasteiger partial charge in [0.1, 0.15) is 5.82 Å². The van der Waals surface area contributed by atoms with Crippen molar-refractivity contribution < 1.29 is 4.39 Å². The van der Waals surface area contributed by atoms with E-state index in [1.165, 1.54) is 15.8 Å². The van der Waals surface area contributed by atoms with Gasteiger partial charge in [-0.2, -0.15) is 0 Å². The number of aryl methyl sites for hydroxylation is 1. The van der Waals surface area contributed by atoms with Crippen molar-refractivity contribution in [3.05, 3.63) is 51.5 Å². The molecule has 0 radical (unpaired) electrons. The molecule has 1 aromatic carbocycles. The van der Waals surface area contributed by atoms with Crippen LogP contribution in [0.15, 0.2) is 30.3 Å². The topological polar surface area (TPSA) is 12.0 Å². The van der Waals surface area contributed by atoms with Crippen molar-refractivity contribution in [1.82, 2.24) is 0 Å². The highest BCUT2D eigenvalue weighted by molar-refractivity contribution is 7.12. The van der Waals surface area contributed by atoms with E-state index in [4.69, 9.17) is 0 Å². The Labute approximate surface area is 97.9 Å². The Morgan fingerprint density at radius 1 is 1.31 bits per heavy atom. The molecule has 0 bridgehead atoms. The molecule has 3 rings (SSSR count). The van der Waals surface area contributed by atoms with E-state index in [2.05, 4.69) is 24.4 Å². The van der Waals surface area contributed by atoms with Crippen molar-refractivity contribution >= 4 is 17.0 Å². The van der Waals surface area contributed by atoms with Crippen LogP contribution < -0.4 is 5.32 Å². The number of benzene rings is 1. The minimum absolute atomic E-state index is 0.149. The molecule has 0 fully saturated rings. The molecule has 1 atom stereocenters. The van der Waals surface area contributed by atoms with Crippen molar-refractivity contribution in [3.63, 3.8) is 0 Å². The van der Waals surface area contributed by atoms with Crippen LogP contribution in [0, 0.1) is 12.7 Å². The van der Waals surface area contributed by atoms with Gasteiger partial charge < -0.3 is 5.32 Å². The lowest BCUT2D eigenvalue weighted by atomic mass is 10.1. The van der Waals surface area contributed by atoms with E-state index >= 15 is 0 Å². The summed E-state index contributed by atoms with van der Waals surface area (Å²) in [5.41, 5.74) is 2.15. The van der Waals surface area contributed by atoms with Crippen LogP contribution in [-0.4, -0.2) is 0 Å². The first kappa shape index (κ1) is 9.85. The molecule has 16 heavy (non-hydrogen) atoms. The normalized spacial score (nSPS) is 18.2. The third-order valence-electron chi connectivity index (χ3n) is 2.93. The second-order valence-corrected chi connectivity index (χ2v) is 5.47. The van der Waals surface area contributed by atoms with Crippen molar-refractivity contribution in [2.45, 2.75) is 19.4 Å². The molecule has 1 aliphatic rings. The SMILES string of the molecule is Cc1ccc(C2Cc3cc(F)ccc3N2)s1. The number of fused-ring (bicyclic) bond motifs is 1. The lowest BCUT2D eigenvalue weighted by Crippen LogP contribution is -2.02. The fraction of sp³-hybridized carbons (Fsp3) is 0.231. The third-order valence-corrected chi connectivity index (χ3v) is 4.04. The predicted octanol–water partition coefficient (Wildman–Crippen LogP) is 3.90. The summed E-state index contributed by atoms with van der Waals surface area (Å²) in [7, 11) is 0. The average Bonchev–Trinajstić information content (AvgIpc) is 2.83. The van der Waals surface area contributed by atoms with E-state index in [1.807, 2.05) is 6.07 Å². The fourth-order valence-electron chi connectivity index (χ4n) is 2.14. The van der Waals surface area contributed by atoms with Crippen LogP contribution in [-0.2, 0) is 6.42 Å². The van der Waals surface area contributed by atoms with Crippen LogP contribution in [0.1, 0.15) is 21.4 Å². The Kier molecular flexibility index (Phi) is 2.21. The molecular formula is C13H12FNS. The van der Waals surface area contributed by atoms with Crippen LogP contribution >= 0.6 is 11.3 Å². The maximum atomic E-state index is 13.1. The molecule has 1 aliphatic heterocycles. The summed E-state index contributed by atoms with van der Waals surface area (Å²) >= 11 is 1.80. The second kappa shape index (κ2) is 3.59. The van der Waals surface area contributed by atoms with Gasteiger partial charge in [0.25, 0.3) is 0 Å². The van der Waals surface area contributed by atoms with Crippen molar-refractivity contribution in [2.24, 2.45) is 0 Å². The molecule has 1 unspecified atom stereocenters. The lowest BCUT2D eigenvalue weighted by Gasteiger charge is -2.07. The number of thiophene rings is 1. The molecule has 0 amide bonds. The average molecular weight is 233 g/mol. The van der Waals surface area contributed by atoms with Gasteiger partial charge in [0, 0.05) is 15.4 Å². The number of nitrogens with one attached hydrogen (secondary N) is 1. The molecule has 3 heteroatoms. The van der Waals surface area contributed by atoms with E-state index in [1.54, 1.807) is 17.4 Å². The maximum absolute atomic E-state index is 13.1. The minimum Gasteiger partial charge on any atom is -0.377 e. The number of hydrogen-bond acceptors (Lipinski definition) is 2. The molecule has 1 aromatic heterocycles. The molecular weight excluding hydrogens is 221 g/mol.